The highest BCUT2D eigenvalue weighted by molar-refractivity contribution is 6.08. The molecule has 0 aliphatic carbocycles. The van der Waals surface area contributed by atoms with Gasteiger partial charge in [0.25, 0.3) is 53.2 Å². The molecule has 13 N–H and O–H groups in total. The fraction of sp³-hybridized carbons (Fsp3) is 0.349. The van der Waals surface area contributed by atoms with Gasteiger partial charge >= 0.3 is 0 Å². The number of carbonyl (C=O) groups excluding carboxylic acids is 12. The third kappa shape index (κ3) is 19.6. The van der Waals surface area contributed by atoms with E-state index in [1.54, 1.807) is 67.9 Å². The van der Waals surface area contributed by atoms with Gasteiger partial charge in [0.15, 0.2) is 17.5 Å². The molecule has 0 spiro atoms. The second-order valence-electron chi connectivity index (χ2n) is 23.6. The first kappa shape index (κ1) is 73.4. The molecule has 8 aromatic heterocycles. The van der Waals surface area contributed by atoms with Gasteiger partial charge in [0.2, 0.25) is 29.4 Å². The van der Waals surface area contributed by atoms with Crippen LogP contribution in [0.2, 0.25) is 0 Å². The molecule has 8 heterocycles. The summed E-state index contributed by atoms with van der Waals surface area (Å²) in [7, 11) is 16.6. The van der Waals surface area contributed by atoms with E-state index in [2.05, 4.69) is 78.8 Å². The first-order chi connectivity index (χ1) is 47.5. The maximum atomic E-state index is 13.4. The number of aliphatic hydroxyl groups is 1. The lowest BCUT2D eigenvalue weighted by molar-refractivity contribution is -0.124. The topological polar surface area (TPSA) is 451 Å². The van der Waals surface area contributed by atoms with Crippen LogP contribution in [0.5, 0.6) is 0 Å². The molecule has 0 unspecified atom stereocenters. The van der Waals surface area contributed by atoms with Crippen molar-refractivity contribution in [3.05, 3.63) is 132 Å². The van der Waals surface area contributed by atoms with Gasteiger partial charge in [0, 0.05) is 158 Å². The third-order valence-corrected chi connectivity index (χ3v) is 15.2. The molecule has 0 fully saturated rings. The molecule has 0 radical (unpaired) electrons. The lowest BCUT2D eigenvalue weighted by atomic mass is 10.2. The van der Waals surface area contributed by atoms with Crippen molar-refractivity contribution in [1.82, 2.24) is 83.0 Å². The van der Waals surface area contributed by atoms with Crippen LogP contribution in [0.15, 0.2) is 86.1 Å². The zero-order valence-corrected chi connectivity index (χ0v) is 56.7. The molecule has 0 saturated heterocycles. The van der Waals surface area contributed by atoms with Crippen LogP contribution in [0.4, 0.5) is 40.1 Å². The molecule has 37 nitrogen and oxygen atoms in total. The molecule has 530 valence electrons. The van der Waals surface area contributed by atoms with Gasteiger partial charge in [-0.15, -0.1) is 0 Å². The van der Waals surface area contributed by atoms with E-state index in [0.29, 0.717) is 23.6 Å². The van der Waals surface area contributed by atoms with Gasteiger partial charge in [-0.3, -0.25) is 57.5 Å². The minimum absolute atomic E-state index is 0.00336. The summed E-state index contributed by atoms with van der Waals surface area (Å²) in [6.07, 6.45) is 12.7. The molecule has 1 atom stereocenters. The fourth-order valence-electron chi connectivity index (χ4n) is 10.1. The number of imidazole rings is 3. The van der Waals surface area contributed by atoms with Crippen LogP contribution in [-0.2, 0) is 75.6 Å². The van der Waals surface area contributed by atoms with E-state index in [0.717, 1.165) is 13.0 Å². The van der Waals surface area contributed by atoms with Gasteiger partial charge in [0.05, 0.1) is 35.0 Å². The minimum atomic E-state index is -1.72. The van der Waals surface area contributed by atoms with Crippen molar-refractivity contribution >= 4 is 111 Å². The number of hydrogen-bond donors (Lipinski definition) is 13. The summed E-state index contributed by atoms with van der Waals surface area (Å²) in [6, 6.07) is 7.25. The van der Waals surface area contributed by atoms with Crippen molar-refractivity contribution < 1.29 is 62.6 Å². The average molecular weight is 1380 g/mol. The second-order valence-corrected chi connectivity index (χ2v) is 23.6. The van der Waals surface area contributed by atoms with Crippen LogP contribution in [0.25, 0.3) is 0 Å². The van der Waals surface area contributed by atoms with E-state index in [-0.39, 0.29) is 120 Å². The molecular formula is C63H80N24O13. The van der Waals surface area contributed by atoms with Gasteiger partial charge in [-0.2, -0.15) is 0 Å². The summed E-state index contributed by atoms with van der Waals surface area (Å²) >= 11 is 0. The quantitative estimate of drug-likeness (QED) is 0.0254. The highest BCUT2D eigenvalue weighted by Crippen LogP contribution is 2.21. The standard InChI is InChI=1S/C63H80N24O13/c1-79(2)21-12-17-64-49(89)14-18-67-56(93)43-26-40(33-83(43)6)73-62(99)53-76-47(34-86(53)9)75-51(91)15-19-68-57(94)42-24-37(30-81(42)4)71-59(96)45-23-36(29-85(45)8)70-50(90)13-11-16-66-55(92)41-25-39(32-82(41)5)74-63(100)54-77-48(35-87(54)10)78-60(97)46(88)28-69-58(95)44-27-38(31-84(44)7)72-61(98)52-65-20-22-80(52)3/h20,22-27,29-35,46,88H,11-19,21,28H2,1-10H3,(H,64,89)(H,66,92)(H,67,93)(H,68,94)(H,69,95)(H,70,90)(H,71,96)(H,72,98)(H,73,99)(H,74,100)(H,75,91)(H,78,97)/t46-/m0/s1. The van der Waals surface area contributed by atoms with Crippen molar-refractivity contribution in [2.75, 3.05) is 90.6 Å². The first-order valence-corrected chi connectivity index (χ1v) is 31.2. The highest BCUT2D eigenvalue weighted by Gasteiger charge is 2.25. The average Bonchev–Trinajstić information content (AvgIpc) is 1.69. The van der Waals surface area contributed by atoms with Crippen molar-refractivity contribution in [1.29, 1.82) is 0 Å². The number of aromatic nitrogens is 11. The number of rotatable bonds is 32. The number of carbonyl (C=O) groups is 12. The van der Waals surface area contributed by atoms with E-state index in [4.69, 9.17) is 0 Å². The Kier molecular flexibility index (Phi) is 24.2. The maximum absolute atomic E-state index is 13.4. The Hall–Kier alpha value is -12.4. The van der Waals surface area contributed by atoms with Crippen molar-refractivity contribution in [2.45, 2.75) is 38.2 Å². The zero-order valence-electron chi connectivity index (χ0n) is 56.7. The van der Waals surface area contributed by atoms with Crippen LogP contribution in [0.1, 0.15) is 116 Å². The zero-order chi connectivity index (χ0) is 72.6. The van der Waals surface area contributed by atoms with Crippen molar-refractivity contribution in [2.24, 2.45) is 56.4 Å². The van der Waals surface area contributed by atoms with Crippen molar-refractivity contribution in [3.8, 4) is 0 Å². The minimum Gasteiger partial charge on any atom is -0.381 e. The number of nitrogens with one attached hydrogen (secondary N) is 12. The summed E-state index contributed by atoms with van der Waals surface area (Å²) in [5.41, 5.74) is 2.36. The summed E-state index contributed by atoms with van der Waals surface area (Å²) in [4.78, 5) is 170. The summed E-state index contributed by atoms with van der Waals surface area (Å²) in [5, 5.41) is 42.5. The Bertz CT molecular complexity index is 4410. The van der Waals surface area contributed by atoms with Crippen LogP contribution in [-0.4, -0.2) is 192 Å². The Morgan fingerprint density at radius 2 is 0.770 bits per heavy atom. The number of hydrogen-bond acceptors (Lipinski definition) is 17. The predicted molar refractivity (Wildman–Crippen MR) is 364 cm³/mol. The maximum Gasteiger partial charge on any atom is 0.291 e. The number of anilines is 7. The van der Waals surface area contributed by atoms with Crippen LogP contribution >= 0.6 is 0 Å². The third-order valence-electron chi connectivity index (χ3n) is 15.2. The van der Waals surface area contributed by atoms with E-state index < -0.39 is 77.6 Å². The SMILES string of the molecule is CN(C)CCCNC(=O)CCNC(=O)c1cc(NC(=O)c2nc(NC(=O)CCNC(=O)c3cc(NC(=O)c4cc(NC(=O)CCCNC(=O)c5cc(NC(=O)c6nc(NC(=O)[C@@H](O)CNC(=O)c7cc(NC(=O)c8nccn8C)cn7C)cn6C)cn5C)cn4C)cn3C)cn2C)cn1C. The monoisotopic (exact) mass is 1380 g/mol. The Morgan fingerprint density at radius 3 is 1.22 bits per heavy atom. The van der Waals surface area contributed by atoms with Crippen LogP contribution < -0.4 is 63.8 Å². The number of amides is 12. The largest absolute Gasteiger partial charge is 0.381 e. The molecule has 0 aliphatic heterocycles. The van der Waals surface area contributed by atoms with Crippen LogP contribution in [0.3, 0.4) is 0 Å². The lowest BCUT2D eigenvalue weighted by Gasteiger charge is -2.11. The molecule has 0 aromatic carbocycles. The molecule has 8 aromatic rings. The van der Waals surface area contributed by atoms with E-state index in [1.807, 2.05) is 19.0 Å². The molecule has 37 heteroatoms. The summed E-state index contributed by atoms with van der Waals surface area (Å²) in [5.74, 6) is -6.50. The fourth-order valence-corrected chi connectivity index (χ4v) is 10.1. The van der Waals surface area contributed by atoms with Gasteiger partial charge in [-0.05, 0) is 63.8 Å². The van der Waals surface area contributed by atoms with Crippen LogP contribution in [0, 0.1) is 0 Å². The smallest absolute Gasteiger partial charge is 0.291 e. The second kappa shape index (κ2) is 33.0. The Labute approximate surface area is 571 Å². The van der Waals surface area contributed by atoms with E-state index >= 15 is 0 Å². The Balaban J connectivity index is 0.705. The Morgan fingerprint density at radius 1 is 0.390 bits per heavy atom. The van der Waals surface area contributed by atoms with Gasteiger partial charge in [0.1, 0.15) is 34.6 Å². The lowest BCUT2D eigenvalue weighted by Crippen LogP contribution is -2.40. The van der Waals surface area contributed by atoms with Gasteiger partial charge in [-0.1, -0.05) is 0 Å². The first-order valence-electron chi connectivity index (χ1n) is 31.2. The molecule has 8 rings (SSSR count). The van der Waals surface area contributed by atoms with Gasteiger partial charge < -0.3 is 110 Å². The number of aliphatic hydroxyl groups excluding tert-OH is 1. The molecule has 100 heavy (non-hydrogen) atoms. The number of nitrogens with zero attached hydrogens (tertiary/aromatic N) is 12. The summed E-state index contributed by atoms with van der Waals surface area (Å²) in [6.45, 7) is 1.02. The van der Waals surface area contributed by atoms with E-state index in [1.165, 1.54) is 111 Å². The van der Waals surface area contributed by atoms with E-state index in [9.17, 15) is 62.6 Å². The molecule has 12 amide bonds. The predicted octanol–water partition coefficient (Wildman–Crippen LogP) is 0.413. The molecule has 0 saturated carbocycles. The molecule has 0 aliphatic rings. The molecule has 0 bridgehead atoms. The van der Waals surface area contributed by atoms with Gasteiger partial charge in [-0.25, -0.2) is 15.0 Å². The normalized spacial score (nSPS) is 11.3. The van der Waals surface area contributed by atoms with Crippen molar-refractivity contribution in [3.63, 3.8) is 0 Å². The highest BCUT2D eigenvalue weighted by atomic mass is 16.3. The number of aryl methyl sites for hydroxylation is 8. The molecular weight excluding hydrogens is 1300 g/mol. The summed E-state index contributed by atoms with van der Waals surface area (Å²) < 4.78 is 11.7.